The molecule has 1 aliphatic carbocycles. The van der Waals surface area contributed by atoms with E-state index in [2.05, 4.69) is 26.0 Å². The number of aliphatic imine (C=N–C) groups is 1. The fourth-order valence-corrected chi connectivity index (χ4v) is 4.43. The summed E-state index contributed by atoms with van der Waals surface area (Å²) >= 11 is 0. The van der Waals surface area contributed by atoms with Crippen molar-refractivity contribution in [2.75, 3.05) is 27.6 Å². The molecule has 0 spiro atoms. The zero-order valence-electron chi connectivity index (χ0n) is 15.4. The Morgan fingerprint density at radius 3 is 2.62 bits per heavy atom. The summed E-state index contributed by atoms with van der Waals surface area (Å²) in [5, 5.41) is 0. The molecule has 0 saturated heterocycles. The van der Waals surface area contributed by atoms with Crippen LogP contribution in [0.1, 0.15) is 30.5 Å². The van der Waals surface area contributed by atoms with Gasteiger partial charge in [-0.1, -0.05) is 13.8 Å². The van der Waals surface area contributed by atoms with E-state index in [9.17, 15) is 0 Å². The van der Waals surface area contributed by atoms with Crippen LogP contribution in [0.25, 0.3) is 11.1 Å². The summed E-state index contributed by atoms with van der Waals surface area (Å²) < 4.78 is 22.9. The Morgan fingerprint density at radius 1 is 1.00 bits per heavy atom. The highest BCUT2D eigenvalue weighted by molar-refractivity contribution is 6.19. The topological polar surface area (TPSA) is 49.3 Å². The highest BCUT2D eigenvalue weighted by Crippen LogP contribution is 2.56. The van der Waals surface area contributed by atoms with Crippen LogP contribution in [0.15, 0.2) is 23.2 Å². The molecule has 5 rings (SSSR count). The number of fused-ring (bicyclic) bond motifs is 4. The SMILES string of the molecule is COc1cc(OC)c2c(c1)C(C)(C)C1=NCCc3cc4c(c-2c31)OCO4. The molecule has 5 nitrogen and oxygen atoms in total. The van der Waals surface area contributed by atoms with Gasteiger partial charge in [0.15, 0.2) is 11.5 Å². The lowest BCUT2D eigenvalue weighted by atomic mass is 9.66. The van der Waals surface area contributed by atoms with Crippen LogP contribution < -0.4 is 18.9 Å². The van der Waals surface area contributed by atoms with Crippen molar-refractivity contribution in [3.8, 4) is 34.1 Å². The van der Waals surface area contributed by atoms with Gasteiger partial charge in [0.1, 0.15) is 11.5 Å². The third-order valence-corrected chi connectivity index (χ3v) is 5.68. The number of hydrogen-bond donors (Lipinski definition) is 0. The summed E-state index contributed by atoms with van der Waals surface area (Å²) in [6.07, 6.45) is 0.909. The van der Waals surface area contributed by atoms with Crippen molar-refractivity contribution in [3.05, 3.63) is 34.9 Å². The molecule has 5 heteroatoms. The summed E-state index contributed by atoms with van der Waals surface area (Å²) in [5.41, 5.74) is 6.53. The van der Waals surface area contributed by atoms with Gasteiger partial charge in [0.05, 0.1) is 19.9 Å². The molecule has 0 saturated carbocycles. The second-order valence-electron chi connectivity index (χ2n) is 7.38. The molecular weight excluding hydrogens is 330 g/mol. The molecule has 134 valence electrons. The van der Waals surface area contributed by atoms with E-state index < -0.39 is 0 Å². The highest BCUT2D eigenvalue weighted by Gasteiger charge is 2.44. The van der Waals surface area contributed by atoms with Gasteiger partial charge in [-0.15, -0.1) is 0 Å². The first-order chi connectivity index (χ1) is 12.6. The van der Waals surface area contributed by atoms with Gasteiger partial charge in [-0.25, -0.2) is 0 Å². The lowest BCUT2D eigenvalue weighted by Crippen LogP contribution is -2.37. The summed E-state index contributed by atoms with van der Waals surface area (Å²) in [4.78, 5) is 4.93. The summed E-state index contributed by atoms with van der Waals surface area (Å²) in [7, 11) is 3.37. The molecule has 0 N–H and O–H groups in total. The molecule has 2 heterocycles. The molecule has 0 fully saturated rings. The zero-order valence-corrected chi connectivity index (χ0v) is 15.4. The summed E-state index contributed by atoms with van der Waals surface area (Å²) in [6.45, 7) is 5.47. The maximum absolute atomic E-state index is 5.89. The summed E-state index contributed by atoms with van der Waals surface area (Å²) in [5.74, 6) is 3.16. The average molecular weight is 351 g/mol. The largest absolute Gasteiger partial charge is 0.497 e. The van der Waals surface area contributed by atoms with E-state index in [0.717, 1.165) is 58.4 Å². The van der Waals surface area contributed by atoms with E-state index in [4.69, 9.17) is 23.9 Å². The molecule has 26 heavy (non-hydrogen) atoms. The van der Waals surface area contributed by atoms with E-state index >= 15 is 0 Å². The number of methoxy groups -OCH3 is 2. The van der Waals surface area contributed by atoms with Crippen LogP contribution in [0.2, 0.25) is 0 Å². The number of nitrogens with zero attached hydrogens (tertiary/aromatic N) is 1. The van der Waals surface area contributed by atoms with Crippen LogP contribution in [0.4, 0.5) is 0 Å². The Bertz CT molecular complexity index is 975. The molecule has 2 aliphatic heterocycles. The molecule has 0 aromatic heterocycles. The predicted octanol–water partition coefficient (Wildman–Crippen LogP) is 3.74. The van der Waals surface area contributed by atoms with Gasteiger partial charge in [-0.3, -0.25) is 4.99 Å². The van der Waals surface area contributed by atoms with Crippen LogP contribution in [-0.4, -0.2) is 33.3 Å². The van der Waals surface area contributed by atoms with Gasteiger partial charge >= 0.3 is 0 Å². The van der Waals surface area contributed by atoms with Crippen molar-refractivity contribution in [2.24, 2.45) is 4.99 Å². The molecule has 0 radical (unpaired) electrons. The average Bonchev–Trinajstić information content (AvgIpc) is 3.12. The predicted molar refractivity (Wildman–Crippen MR) is 99.2 cm³/mol. The first kappa shape index (κ1) is 15.6. The third kappa shape index (κ3) is 1.83. The van der Waals surface area contributed by atoms with Crippen molar-refractivity contribution >= 4 is 5.71 Å². The monoisotopic (exact) mass is 351 g/mol. The van der Waals surface area contributed by atoms with Crippen LogP contribution in [0.3, 0.4) is 0 Å². The standard InChI is InChI=1S/C21H21NO4/c1-21(2)13-8-12(23-3)9-14(24-4)17(13)18-16-11(5-6-22-20(16)21)7-15-19(18)26-10-25-15/h7-9H,5-6,10H2,1-4H3. The molecule has 0 unspecified atom stereocenters. The smallest absolute Gasteiger partial charge is 0.231 e. The van der Waals surface area contributed by atoms with Crippen molar-refractivity contribution in [2.45, 2.75) is 25.7 Å². The van der Waals surface area contributed by atoms with E-state index in [1.807, 2.05) is 6.07 Å². The minimum Gasteiger partial charge on any atom is -0.497 e. The maximum Gasteiger partial charge on any atom is 0.231 e. The van der Waals surface area contributed by atoms with Gasteiger partial charge in [-0.05, 0) is 29.7 Å². The Morgan fingerprint density at radius 2 is 1.85 bits per heavy atom. The summed E-state index contributed by atoms with van der Waals surface area (Å²) in [6, 6.07) is 6.14. The molecule has 2 aromatic rings. The molecule has 0 atom stereocenters. The third-order valence-electron chi connectivity index (χ3n) is 5.68. The van der Waals surface area contributed by atoms with Crippen molar-refractivity contribution < 1.29 is 18.9 Å². The quantitative estimate of drug-likeness (QED) is 0.827. The van der Waals surface area contributed by atoms with Crippen molar-refractivity contribution in [1.82, 2.24) is 0 Å². The fourth-order valence-electron chi connectivity index (χ4n) is 4.43. The Balaban J connectivity index is 1.96. The zero-order chi connectivity index (χ0) is 18.1. The van der Waals surface area contributed by atoms with Crippen LogP contribution >= 0.6 is 0 Å². The van der Waals surface area contributed by atoms with Crippen LogP contribution in [-0.2, 0) is 11.8 Å². The second-order valence-corrected chi connectivity index (χ2v) is 7.38. The number of hydrogen-bond acceptors (Lipinski definition) is 5. The van der Waals surface area contributed by atoms with E-state index in [1.165, 1.54) is 11.1 Å². The number of benzene rings is 2. The minimum atomic E-state index is -0.257. The number of ether oxygens (including phenoxy) is 4. The van der Waals surface area contributed by atoms with Crippen molar-refractivity contribution in [3.63, 3.8) is 0 Å². The highest BCUT2D eigenvalue weighted by atomic mass is 16.7. The molecule has 0 bridgehead atoms. The minimum absolute atomic E-state index is 0.245. The van der Waals surface area contributed by atoms with Crippen LogP contribution in [0, 0.1) is 0 Å². The molecule has 3 aliphatic rings. The van der Waals surface area contributed by atoms with E-state index in [1.54, 1.807) is 14.2 Å². The lowest BCUT2D eigenvalue weighted by molar-refractivity contribution is 0.174. The Kier molecular flexibility index (Phi) is 3.09. The normalized spacial score (nSPS) is 17.9. The van der Waals surface area contributed by atoms with E-state index in [0.29, 0.717) is 0 Å². The first-order valence-electron chi connectivity index (χ1n) is 8.84. The molecular formula is C21H21NO4. The maximum atomic E-state index is 5.89. The van der Waals surface area contributed by atoms with E-state index in [-0.39, 0.29) is 12.2 Å². The van der Waals surface area contributed by atoms with Gasteiger partial charge in [0.25, 0.3) is 0 Å². The molecule has 0 amide bonds. The number of rotatable bonds is 2. The first-order valence-corrected chi connectivity index (χ1v) is 8.84. The molecule has 2 aromatic carbocycles. The van der Waals surface area contributed by atoms with Gasteiger partial charge in [0.2, 0.25) is 6.79 Å². The Hall–Kier alpha value is -2.69. The van der Waals surface area contributed by atoms with Gasteiger partial charge in [-0.2, -0.15) is 0 Å². The van der Waals surface area contributed by atoms with Gasteiger partial charge in [0, 0.05) is 34.7 Å². The Labute approximate surface area is 152 Å². The van der Waals surface area contributed by atoms with Crippen LogP contribution in [0.5, 0.6) is 23.0 Å². The lowest BCUT2D eigenvalue weighted by Gasteiger charge is -2.39. The van der Waals surface area contributed by atoms with Crippen molar-refractivity contribution in [1.29, 1.82) is 0 Å². The second kappa shape index (κ2) is 5.16. The van der Waals surface area contributed by atoms with Gasteiger partial charge < -0.3 is 18.9 Å². The fraction of sp³-hybridized carbons (Fsp3) is 0.381.